The summed E-state index contributed by atoms with van der Waals surface area (Å²) in [6.07, 6.45) is 4.53. The molecule has 0 aliphatic carbocycles. The summed E-state index contributed by atoms with van der Waals surface area (Å²) < 4.78 is 0. The normalized spacial score (nSPS) is 10.5. The van der Waals surface area contributed by atoms with Gasteiger partial charge in [-0.3, -0.25) is 0 Å². The molecule has 1 rings (SSSR count). The predicted octanol–water partition coefficient (Wildman–Crippen LogP) is 3.08. The van der Waals surface area contributed by atoms with Crippen molar-refractivity contribution in [3.8, 4) is 0 Å². The number of hydrogen-bond donors (Lipinski definition) is 1. The molecular weight excluding hydrogens is 190 g/mol. The highest BCUT2D eigenvalue weighted by atomic mass is 32.2. The molecule has 0 aromatic heterocycles. The van der Waals surface area contributed by atoms with Crippen molar-refractivity contribution < 1.29 is 0 Å². The molecule has 0 aliphatic rings. The molecule has 0 radical (unpaired) electrons. The molecule has 1 aromatic rings. The minimum Gasteiger partial charge on any atom is -0.316 e. The minimum absolute atomic E-state index is 0.976. The van der Waals surface area contributed by atoms with Gasteiger partial charge in [-0.25, -0.2) is 0 Å². The maximum Gasteiger partial charge on any atom is 0.0205 e. The molecule has 0 heterocycles. The summed E-state index contributed by atoms with van der Waals surface area (Å²) in [6.45, 7) is 3.21. The Kier molecular flexibility index (Phi) is 5.05. The molecule has 0 spiro atoms. The third-order valence-corrected chi connectivity index (χ3v) is 3.03. The topological polar surface area (TPSA) is 12.0 Å². The fourth-order valence-electron chi connectivity index (χ4n) is 1.59. The molecule has 14 heavy (non-hydrogen) atoms. The highest BCUT2D eigenvalue weighted by molar-refractivity contribution is 7.98. The zero-order valence-electron chi connectivity index (χ0n) is 9.26. The first-order valence-electron chi connectivity index (χ1n) is 5.12. The summed E-state index contributed by atoms with van der Waals surface area (Å²) in [7, 11) is 2.00. The molecule has 0 bridgehead atoms. The summed E-state index contributed by atoms with van der Waals surface area (Å²) in [4.78, 5) is 1.37. The lowest BCUT2D eigenvalue weighted by Gasteiger charge is -2.09. The van der Waals surface area contributed by atoms with Crippen LogP contribution in [0.3, 0.4) is 0 Å². The molecule has 0 saturated heterocycles. The van der Waals surface area contributed by atoms with Crippen LogP contribution in [-0.4, -0.2) is 13.3 Å². The van der Waals surface area contributed by atoms with E-state index in [0.29, 0.717) is 0 Å². The first kappa shape index (κ1) is 11.6. The summed E-state index contributed by atoms with van der Waals surface area (Å²) >= 11 is 1.82. The molecule has 0 aliphatic heterocycles. The van der Waals surface area contributed by atoms with E-state index >= 15 is 0 Å². The maximum atomic E-state index is 3.21. The van der Waals surface area contributed by atoms with Gasteiger partial charge in [-0.2, -0.15) is 0 Å². The smallest absolute Gasteiger partial charge is 0.0205 e. The zero-order valence-corrected chi connectivity index (χ0v) is 10.1. The Morgan fingerprint density at radius 2 is 2.07 bits per heavy atom. The van der Waals surface area contributed by atoms with Crippen LogP contribution in [0.1, 0.15) is 24.5 Å². The van der Waals surface area contributed by atoms with Gasteiger partial charge in [-0.05, 0) is 43.0 Å². The van der Waals surface area contributed by atoms with Gasteiger partial charge in [0, 0.05) is 11.4 Å². The van der Waals surface area contributed by atoms with Gasteiger partial charge >= 0.3 is 0 Å². The Bertz CT molecular complexity index is 284. The summed E-state index contributed by atoms with van der Waals surface area (Å²) in [5.74, 6) is 0. The summed E-state index contributed by atoms with van der Waals surface area (Å²) in [5.41, 5.74) is 2.93. The number of benzene rings is 1. The van der Waals surface area contributed by atoms with Crippen molar-refractivity contribution in [2.45, 2.75) is 31.2 Å². The maximum absolute atomic E-state index is 3.21. The van der Waals surface area contributed by atoms with Crippen LogP contribution >= 0.6 is 11.8 Å². The lowest BCUT2D eigenvalue weighted by Crippen LogP contribution is -2.07. The Morgan fingerprint density at radius 3 is 2.64 bits per heavy atom. The SMILES string of the molecule is CCCc1cc(SC)ccc1CNC. The van der Waals surface area contributed by atoms with Crippen LogP contribution < -0.4 is 5.32 Å². The lowest BCUT2D eigenvalue weighted by atomic mass is 10.0. The number of aryl methyl sites for hydroxylation is 1. The average molecular weight is 209 g/mol. The number of rotatable bonds is 5. The van der Waals surface area contributed by atoms with Crippen LogP contribution in [0.25, 0.3) is 0 Å². The molecule has 0 fully saturated rings. The van der Waals surface area contributed by atoms with E-state index in [4.69, 9.17) is 0 Å². The van der Waals surface area contributed by atoms with Gasteiger partial charge < -0.3 is 5.32 Å². The van der Waals surface area contributed by atoms with Crippen LogP contribution in [0.4, 0.5) is 0 Å². The van der Waals surface area contributed by atoms with Gasteiger partial charge in [0.2, 0.25) is 0 Å². The summed E-state index contributed by atoms with van der Waals surface area (Å²) in [6, 6.07) is 6.77. The highest BCUT2D eigenvalue weighted by Gasteiger charge is 2.02. The third-order valence-electron chi connectivity index (χ3n) is 2.30. The van der Waals surface area contributed by atoms with E-state index in [-0.39, 0.29) is 0 Å². The van der Waals surface area contributed by atoms with Crippen LogP contribution in [0.15, 0.2) is 23.1 Å². The van der Waals surface area contributed by atoms with Gasteiger partial charge in [-0.1, -0.05) is 19.4 Å². The molecule has 0 atom stereocenters. The first-order valence-corrected chi connectivity index (χ1v) is 6.34. The van der Waals surface area contributed by atoms with E-state index < -0.39 is 0 Å². The second kappa shape index (κ2) is 6.10. The molecular formula is C12H19NS. The van der Waals surface area contributed by atoms with Crippen LogP contribution in [0.2, 0.25) is 0 Å². The molecule has 2 heteroatoms. The standard InChI is InChI=1S/C12H19NS/c1-4-5-10-8-12(14-3)7-6-11(10)9-13-2/h6-8,13H,4-5,9H2,1-3H3. The molecule has 78 valence electrons. The predicted molar refractivity (Wildman–Crippen MR) is 65.0 cm³/mol. The zero-order chi connectivity index (χ0) is 10.4. The van der Waals surface area contributed by atoms with E-state index in [2.05, 4.69) is 36.7 Å². The monoisotopic (exact) mass is 209 g/mol. The average Bonchev–Trinajstić information content (AvgIpc) is 2.21. The van der Waals surface area contributed by atoms with E-state index in [1.54, 1.807) is 0 Å². The van der Waals surface area contributed by atoms with Crippen molar-refractivity contribution in [2.24, 2.45) is 0 Å². The fourth-order valence-corrected chi connectivity index (χ4v) is 2.06. The lowest BCUT2D eigenvalue weighted by molar-refractivity contribution is 0.792. The molecule has 1 aromatic carbocycles. The summed E-state index contributed by atoms with van der Waals surface area (Å²) in [5, 5.41) is 3.21. The molecule has 0 saturated carbocycles. The van der Waals surface area contributed by atoms with Gasteiger partial charge in [0.25, 0.3) is 0 Å². The fraction of sp³-hybridized carbons (Fsp3) is 0.500. The number of hydrogen-bond acceptors (Lipinski definition) is 2. The van der Waals surface area contributed by atoms with Crippen LogP contribution in [0.5, 0.6) is 0 Å². The Balaban J connectivity index is 2.91. The van der Waals surface area contributed by atoms with E-state index in [1.807, 2.05) is 18.8 Å². The van der Waals surface area contributed by atoms with Crippen molar-refractivity contribution in [1.82, 2.24) is 5.32 Å². The Morgan fingerprint density at radius 1 is 1.29 bits per heavy atom. The van der Waals surface area contributed by atoms with Gasteiger partial charge in [-0.15, -0.1) is 11.8 Å². The van der Waals surface area contributed by atoms with Gasteiger partial charge in [0.05, 0.1) is 0 Å². The Hall–Kier alpha value is -0.470. The quantitative estimate of drug-likeness (QED) is 0.748. The largest absolute Gasteiger partial charge is 0.316 e. The van der Waals surface area contributed by atoms with Crippen molar-refractivity contribution >= 4 is 11.8 Å². The van der Waals surface area contributed by atoms with Crippen LogP contribution in [-0.2, 0) is 13.0 Å². The number of thioether (sulfide) groups is 1. The third kappa shape index (κ3) is 3.03. The van der Waals surface area contributed by atoms with Gasteiger partial charge in [0.1, 0.15) is 0 Å². The van der Waals surface area contributed by atoms with Crippen molar-refractivity contribution in [3.05, 3.63) is 29.3 Å². The van der Waals surface area contributed by atoms with E-state index in [1.165, 1.54) is 28.9 Å². The van der Waals surface area contributed by atoms with Crippen LogP contribution in [0, 0.1) is 0 Å². The minimum atomic E-state index is 0.976. The van der Waals surface area contributed by atoms with Crippen molar-refractivity contribution in [2.75, 3.05) is 13.3 Å². The second-order valence-corrected chi connectivity index (χ2v) is 4.29. The number of nitrogens with one attached hydrogen (secondary N) is 1. The van der Waals surface area contributed by atoms with Gasteiger partial charge in [0.15, 0.2) is 0 Å². The van der Waals surface area contributed by atoms with E-state index in [9.17, 15) is 0 Å². The first-order chi connectivity index (χ1) is 6.81. The van der Waals surface area contributed by atoms with E-state index in [0.717, 1.165) is 6.54 Å². The molecule has 0 unspecified atom stereocenters. The second-order valence-electron chi connectivity index (χ2n) is 3.41. The highest BCUT2D eigenvalue weighted by Crippen LogP contribution is 2.20. The molecule has 1 N–H and O–H groups in total. The molecule has 1 nitrogen and oxygen atoms in total. The molecule has 0 amide bonds. The Labute approximate surface area is 91.3 Å². The van der Waals surface area contributed by atoms with Crippen molar-refractivity contribution in [1.29, 1.82) is 0 Å². The van der Waals surface area contributed by atoms with Crippen molar-refractivity contribution in [3.63, 3.8) is 0 Å².